The fraction of sp³-hybridized carbons (Fsp3) is 0.529. The zero-order valence-corrected chi connectivity index (χ0v) is 14.6. The van der Waals surface area contributed by atoms with Crippen LogP contribution >= 0.6 is 15.9 Å². The van der Waals surface area contributed by atoms with Gasteiger partial charge in [-0.25, -0.2) is 0 Å². The second-order valence-electron chi connectivity index (χ2n) is 6.35. The number of hydrogen-bond donors (Lipinski definition) is 2. The highest BCUT2D eigenvalue weighted by Crippen LogP contribution is 2.31. The Bertz CT molecular complexity index is 607. The zero-order chi connectivity index (χ0) is 16.4. The van der Waals surface area contributed by atoms with Crippen molar-refractivity contribution in [3.8, 4) is 0 Å². The van der Waals surface area contributed by atoms with E-state index in [1.807, 2.05) is 24.3 Å². The van der Waals surface area contributed by atoms with Gasteiger partial charge in [0.1, 0.15) is 5.92 Å². The summed E-state index contributed by atoms with van der Waals surface area (Å²) < 4.78 is 0.865. The van der Waals surface area contributed by atoms with Crippen molar-refractivity contribution in [2.75, 3.05) is 11.4 Å². The van der Waals surface area contributed by atoms with E-state index in [0.29, 0.717) is 13.0 Å². The summed E-state index contributed by atoms with van der Waals surface area (Å²) in [5, 5.41) is 3.00. The molecular weight excluding hydrogens is 358 g/mol. The summed E-state index contributed by atoms with van der Waals surface area (Å²) in [4.78, 5) is 26.8. The number of carbonyl (C=O) groups excluding carboxylic acids is 2. The number of para-hydroxylation sites is 1. The summed E-state index contributed by atoms with van der Waals surface area (Å²) in [7, 11) is 0. The molecule has 0 bridgehead atoms. The maximum absolute atomic E-state index is 12.6. The summed E-state index contributed by atoms with van der Waals surface area (Å²) in [5.41, 5.74) is 6.90. The number of nitrogens with one attached hydrogen (secondary N) is 1. The lowest BCUT2D eigenvalue weighted by atomic mass is 9.90. The van der Waals surface area contributed by atoms with Gasteiger partial charge < -0.3 is 16.0 Å². The maximum Gasteiger partial charge on any atom is 0.239 e. The van der Waals surface area contributed by atoms with Crippen molar-refractivity contribution in [2.45, 2.75) is 44.2 Å². The molecule has 1 aromatic rings. The predicted octanol–water partition coefficient (Wildman–Crippen LogP) is 2.19. The Labute approximate surface area is 144 Å². The van der Waals surface area contributed by atoms with Crippen LogP contribution in [0.4, 0.5) is 5.69 Å². The molecule has 0 radical (unpaired) electrons. The van der Waals surface area contributed by atoms with E-state index < -0.39 is 5.92 Å². The third-order valence-electron chi connectivity index (χ3n) is 4.81. The molecule has 1 aliphatic carbocycles. The number of benzene rings is 1. The van der Waals surface area contributed by atoms with E-state index in [0.717, 1.165) is 35.8 Å². The van der Waals surface area contributed by atoms with E-state index in [9.17, 15) is 9.59 Å². The second kappa shape index (κ2) is 7.01. The highest BCUT2D eigenvalue weighted by atomic mass is 79.9. The van der Waals surface area contributed by atoms with Crippen molar-refractivity contribution >= 4 is 33.4 Å². The van der Waals surface area contributed by atoms with Crippen molar-refractivity contribution in [3.63, 3.8) is 0 Å². The molecule has 3 rings (SSSR count). The first-order valence-electron chi connectivity index (χ1n) is 8.20. The number of anilines is 1. The van der Waals surface area contributed by atoms with Gasteiger partial charge >= 0.3 is 0 Å². The minimum atomic E-state index is -0.601. The van der Waals surface area contributed by atoms with E-state index in [1.54, 1.807) is 4.90 Å². The molecule has 2 fully saturated rings. The number of halogens is 1. The van der Waals surface area contributed by atoms with E-state index >= 15 is 0 Å². The Balaban J connectivity index is 1.67. The lowest BCUT2D eigenvalue weighted by Crippen LogP contribution is -2.51. The van der Waals surface area contributed by atoms with Crippen LogP contribution in [-0.2, 0) is 9.59 Å². The third kappa shape index (κ3) is 3.43. The molecule has 3 atom stereocenters. The monoisotopic (exact) mass is 379 g/mol. The van der Waals surface area contributed by atoms with Gasteiger partial charge in [0.05, 0.1) is 5.69 Å². The number of nitrogens with two attached hydrogens (primary N) is 1. The number of carbonyl (C=O) groups is 2. The number of hydrogen-bond acceptors (Lipinski definition) is 3. The summed E-state index contributed by atoms with van der Waals surface area (Å²) in [6.07, 6.45) is 4.59. The molecule has 1 aliphatic heterocycles. The average Bonchev–Trinajstić information content (AvgIpc) is 2.92. The van der Waals surface area contributed by atoms with Gasteiger partial charge in [-0.2, -0.15) is 0 Å². The number of nitrogens with zero attached hydrogens (tertiary/aromatic N) is 1. The van der Waals surface area contributed by atoms with Crippen LogP contribution in [0.3, 0.4) is 0 Å². The van der Waals surface area contributed by atoms with E-state index in [-0.39, 0.29) is 23.9 Å². The Kier molecular flexibility index (Phi) is 5.02. The fourth-order valence-electron chi connectivity index (χ4n) is 3.46. The van der Waals surface area contributed by atoms with Crippen molar-refractivity contribution in [1.29, 1.82) is 0 Å². The highest BCUT2D eigenvalue weighted by Gasteiger charge is 2.39. The van der Waals surface area contributed by atoms with Crippen molar-refractivity contribution in [1.82, 2.24) is 5.32 Å². The smallest absolute Gasteiger partial charge is 0.239 e. The molecule has 2 amide bonds. The largest absolute Gasteiger partial charge is 0.351 e. The molecule has 1 heterocycles. The van der Waals surface area contributed by atoms with Gasteiger partial charge in [0, 0.05) is 23.1 Å². The first-order valence-corrected chi connectivity index (χ1v) is 8.99. The molecule has 1 saturated carbocycles. The van der Waals surface area contributed by atoms with Crippen molar-refractivity contribution in [3.05, 3.63) is 28.7 Å². The average molecular weight is 380 g/mol. The molecule has 3 N–H and O–H groups in total. The standard InChI is InChI=1S/C17H22BrN3O2/c18-12-5-1-4-8-15(12)21-10-9-11(17(21)23)16(22)20-14-7-3-2-6-13(14)19/h1,4-5,8,11,13-14H,2-3,6-7,9-10,19H2,(H,20,22)/t11-,13-,14-/m1/s1. The first-order chi connectivity index (χ1) is 11.1. The van der Waals surface area contributed by atoms with Gasteiger partial charge in [0.15, 0.2) is 0 Å². The van der Waals surface area contributed by atoms with Gasteiger partial charge in [-0.05, 0) is 47.3 Å². The normalized spacial score (nSPS) is 28.0. The van der Waals surface area contributed by atoms with Crippen LogP contribution in [0.1, 0.15) is 32.1 Å². The van der Waals surface area contributed by atoms with E-state index in [4.69, 9.17) is 5.73 Å². The van der Waals surface area contributed by atoms with Gasteiger partial charge in [-0.3, -0.25) is 9.59 Å². The number of amides is 2. The summed E-state index contributed by atoms with van der Waals surface area (Å²) in [6.45, 7) is 0.566. The van der Waals surface area contributed by atoms with Crippen LogP contribution in [0.5, 0.6) is 0 Å². The SMILES string of the molecule is N[C@@H]1CCCC[C@H]1NC(=O)[C@H]1CCN(c2ccccc2Br)C1=O. The Morgan fingerprint density at radius 2 is 1.96 bits per heavy atom. The molecule has 1 saturated heterocycles. The molecule has 124 valence electrons. The fourth-order valence-corrected chi connectivity index (χ4v) is 3.95. The zero-order valence-electron chi connectivity index (χ0n) is 13.0. The topological polar surface area (TPSA) is 75.4 Å². The van der Waals surface area contributed by atoms with Crippen LogP contribution in [0.2, 0.25) is 0 Å². The summed E-state index contributed by atoms with van der Waals surface area (Å²) >= 11 is 3.47. The molecule has 6 heteroatoms. The van der Waals surface area contributed by atoms with E-state index in [1.165, 1.54) is 0 Å². The third-order valence-corrected chi connectivity index (χ3v) is 5.48. The molecule has 23 heavy (non-hydrogen) atoms. The Morgan fingerprint density at radius 1 is 1.22 bits per heavy atom. The van der Waals surface area contributed by atoms with Crippen LogP contribution < -0.4 is 16.0 Å². The van der Waals surface area contributed by atoms with Gasteiger partial charge in [-0.15, -0.1) is 0 Å². The minimum Gasteiger partial charge on any atom is -0.351 e. The molecular formula is C17H22BrN3O2. The van der Waals surface area contributed by atoms with Crippen LogP contribution in [0, 0.1) is 5.92 Å². The molecule has 2 aliphatic rings. The molecule has 1 aromatic carbocycles. The molecule has 0 unspecified atom stereocenters. The summed E-state index contributed by atoms with van der Waals surface area (Å²) in [5.74, 6) is -0.901. The van der Waals surface area contributed by atoms with Crippen LogP contribution in [0.15, 0.2) is 28.7 Å². The minimum absolute atomic E-state index is 0.00145. The predicted molar refractivity (Wildman–Crippen MR) is 93.0 cm³/mol. The summed E-state index contributed by atoms with van der Waals surface area (Å²) in [6, 6.07) is 7.59. The molecule has 5 nitrogen and oxygen atoms in total. The van der Waals surface area contributed by atoms with Gasteiger partial charge in [0.2, 0.25) is 11.8 Å². The quantitative estimate of drug-likeness (QED) is 0.790. The Hall–Kier alpha value is -1.40. The first kappa shape index (κ1) is 16.5. The van der Waals surface area contributed by atoms with Crippen molar-refractivity contribution in [2.24, 2.45) is 11.7 Å². The maximum atomic E-state index is 12.6. The molecule has 0 spiro atoms. The van der Waals surface area contributed by atoms with Crippen LogP contribution in [-0.4, -0.2) is 30.4 Å². The Morgan fingerprint density at radius 3 is 2.70 bits per heavy atom. The lowest BCUT2D eigenvalue weighted by Gasteiger charge is -2.30. The van der Waals surface area contributed by atoms with E-state index in [2.05, 4.69) is 21.2 Å². The van der Waals surface area contributed by atoms with Gasteiger partial charge in [0.25, 0.3) is 0 Å². The number of rotatable bonds is 3. The van der Waals surface area contributed by atoms with Crippen LogP contribution in [0.25, 0.3) is 0 Å². The van der Waals surface area contributed by atoms with Crippen molar-refractivity contribution < 1.29 is 9.59 Å². The molecule has 0 aromatic heterocycles. The second-order valence-corrected chi connectivity index (χ2v) is 7.20. The van der Waals surface area contributed by atoms with Gasteiger partial charge in [-0.1, -0.05) is 25.0 Å². The highest BCUT2D eigenvalue weighted by molar-refractivity contribution is 9.10. The lowest BCUT2D eigenvalue weighted by molar-refractivity contribution is -0.132.